The molecule has 0 aromatic carbocycles. The lowest BCUT2D eigenvalue weighted by Gasteiger charge is -2.35. The number of allylic oxidation sites excluding steroid dienone is 2. The summed E-state index contributed by atoms with van der Waals surface area (Å²) < 4.78 is 7.38. The minimum absolute atomic E-state index is 0.00163. The smallest absolute Gasteiger partial charge is 0.258 e. The summed E-state index contributed by atoms with van der Waals surface area (Å²) in [4.78, 5) is 36.0. The van der Waals surface area contributed by atoms with Gasteiger partial charge in [-0.05, 0) is 43.4 Å². The lowest BCUT2D eigenvalue weighted by atomic mass is 9.88. The zero-order chi connectivity index (χ0) is 23.9. The summed E-state index contributed by atoms with van der Waals surface area (Å²) in [5.74, 6) is -0.193. The van der Waals surface area contributed by atoms with Gasteiger partial charge in [0, 0.05) is 60.9 Å². The lowest BCUT2D eigenvalue weighted by molar-refractivity contribution is -0.142. The molecule has 0 unspecified atom stereocenters. The Kier molecular flexibility index (Phi) is 6.34. The summed E-state index contributed by atoms with van der Waals surface area (Å²) in [6, 6.07) is 3.52. The highest BCUT2D eigenvalue weighted by molar-refractivity contribution is 7.09. The Bertz CT molecular complexity index is 1170. The average Bonchev–Trinajstić information content (AvgIpc) is 3.61. The maximum atomic E-state index is 13.8. The van der Waals surface area contributed by atoms with Crippen LogP contribution in [0.3, 0.4) is 0 Å². The third-order valence-electron chi connectivity index (χ3n) is 8.20. The second kappa shape index (κ2) is 9.61. The van der Waals surface area contributed by atoms with Gasteiger partial charge in [0.2, 0.25) is 5.91 Å². The fourth-order valence-corrected chi connectivity index (χ4v) is 7.17. The summed E-state index contributed by atoms with van der Waals surface area (Å²) in [6.45, 7) is 3.20. The van der Waals surface area contributed by atoms with Crippen molar-refractivity contribution in [1.29, 1.82) is 0 Å². The topological polar surface area (TPSA) is 87.9 Å². The predicted octanol–water partition coefficient (Wildman–Crippen LogP) is 2.28. The van der Waals surface area contributed by atoms with Crippen molar-refractivity contribution in [1.82, 2.24) is 19.4 Å². The molecule has 2 aromatic rings. The molecule has 4 aliphatic rings. The Balaban J connectivity index is 1.39. The second-order valence-corrected chi connectivity index (χ2v) is 11.0. The molecule has 2 fully saturated rings. The first-order chi connectivity index (χ1) is 17.2. The summed E-state index contributed by atoms with van der Waals surface area (Å²) in [5, 5.41) is 13.4. The van der Waals surface area contributed by atoms with Gasteiger partial charge in [-0.1, -0.05) is 6.08 Å². The first kappa shape index (κ1) is 23.1. The van der Waals surface area contributed by atoms with Crippen LogP contribution < -0.4 is 5.56 Å². The van der Waals surface area contributed by atoms with Gasteiger partial charge in [0.05, 0.1) is 31.8 Å². The molecule has 3 aliphatic heterocycles. The van der Waals surface area contributed by atoms with Crippen LogP contribution in [0.2, 0.25) is 0 Å². The molecular weight excluding hydrogens is 464 g/mol. The number of rotatable bonds is 5. The van der Waals surface area contributed by atoms with Gasteiger partial charge in [0.15, 0.2) is 0 Å². The SMILES string of the molecule is O=C([C@H]1[C@H](CO)[C@H]2Cn3c(ccc(C4=CCCCC4)c3=O)[C@H]2N1Cc1nccs1)N1CCOCC1. The van der Waals surface area contributed by atoms with E-state index in [1.165, 1.54) is 6.42 Å². The largest absolute Gasteiger partial charge is 0.396 e. The van der Waals surface area contributed by atoms with Gasteiger partial charge in [-0.2, -0.15) is 0 Å². The van der Waals surface area contributed by atoms with E-state index in [9.17, 15) is 14.7 Å². The maximum Gasteiger partial charge on any atom is 0.258 e. The van der Waals surface area contributed by atoms with Gasteiger partial charge in [-0.15, -0.1) is 11.3 Å². The highest BCUT2D eigenvalue weighted by atomic mass is 32.1. The normalized spacial score (nSPS) is 28.6. The first-order valence-electron chi connectivity index (χ1n) is 12.7. The molecule has 4 atom stereocenters. The molecular formula is C26H32N4O4S. The van der Waals surface area contributed by atoms with Gasteiger partial charge in [-0.25, -0.2) is 4.98 Å². The number of carbonyl (C=O) groups excluding carboxylic acids is 1. The molecule has 2 aromatic heterocycles. The van der Waals surface area contributed by atoms with E-state index in [4.69, 9.17) is 4.74 Å². The van der Waals surface area contributed by atoms with Crippen LogP contribution in [0.25, 0.3) is 5.57 Å². The van der Waals surface area contributed by atoms with Crippen molar-refractivity contribution < 1.29 is 14.6 Å². The zero-order valence-corrected chi connectivity index (χ0v) is 20.7. The van der Waals surface area contributed by atoms with Crippen molar-refractivity contribution in [2.45, 2.75) is 50.9 Å². The second-order valence-electron chi connectivity index (χ2n) is 10.00. The Morgan fingerprint density at radius 2 is 2.09 bits per heavy atom. The van der Waals surface area contributed by atoms with E-state index < -0.39 is 6.04 Å². The van der Waals surface area contributed by atoms with Crippen LogP contribution in [0.15, 0.2) is 34.6 Å². The van der Waals surface area contributed by atoms with Crippen molar-refractivity contribution >= 4 is 22.8 Å². The van der Waals surface area contributed by atoms with Crippen molar-refractivity contribution in [2.24, 2.45) is 11.8 Å². The third-order valence-corrected chi connectivity index (χ3v) is 8.97. The third kappa shape index (κ3) is 3.98. The Hall–Kier alpha value is -2.33. The number of fused-ring (bicyclic) bond motifs is 3. The number of nitrogens with zero attached hydrogens (tertiary/aromatic N) is 4. The molecule has 1 amide bonds. The van der Waals surface area contributed by atoms with Crippen molar-refractivity contribution in [3.63, 3.8) is 0 Å². The molecule has 9 heteroatoms. The average molecular weight is 497 g/mol. The molecule has 1 N–H and O–H groups in total. The minimum Gasteiger partial charge on any atom is -0.396 e. The summed E-state index contributed by atoms with van der Waals surface area (Å²) in [6.07, 6.45) is 8.28. The van der Waals surface area contributed by atoms with E-state index in [2.05, 4.69) is 22.0 Å². The molecule has 186 valence electrons. The number of hydrogen-bond acceptors (Lipinski definition) is 7. The van der Waals surface area contributed by atoms with Gasteiger partial charge < -0.3 is 19.3 Å². The molecule has 8 nitrogen and oxygen atoms in total. The van der Waals surface area contributed by atoms with Gasteiger partial charge in [0.25, 0.3) is 5.56 Å². The van der Waals surface area contributed by atoms with Crippen LogP contribution >= 0.6 is 11.3 Å². The van der Waals surface area contributed by atoms with E-state index in [-0.39, 0.29) is 36.0 Å². The molecule has 1 aliphatic carbocycles. The van der Waals surface area contributed by atoms with E-state index >= 15 is 0 Å². The number of ether oxygens (including phenoxy) is 1. The molecule has 0 radical (unpaired) electrons. The number of morpholine rings is 1. The molecule has 0 saturated carbocycles. The van der Waals surface area contributed by atoms with Crippen LogP contribution in [0.1, 0.15) is 48.0 Å². The molecule has 0 spiro atoms. The van der Waals surface area contributed by atoms with Crippen LogP contribution in [0.5, 0.6) is 0 Å². The fourth-order valence-electron chi connectivity index (χ4n) is 6.55. The van der Waals surface area contributed by atoms with Gasteiger partial charge in [-0.3, -0.25) is 14.5 Å². The number of aliphatic hydroxyl groups excluding tert-OH is 1. The van der Waals surface area contributed by atoms with E-state index in [1.54, 1.807) is 17.5 Å². The quantitative estimate of drug-likeness (QED) is 0.684. The minimum atomic E-state index is -0.443. The van der Waals surface area contributed by atoms with E-state index in [1.807, 2.05) is 20.9 Å². The lowest BCUT2D eigenvalue weighted by Crippen LogP contribution is -2.52. The van der Waals surface area contributed by atoms with Crippen molar-refractivity contribution in [3.8, 4) is 0 Å². The number of carbonyl (C=O) groups is 1. The first-order valence-corrected chi connectivity index (χ1v) is 13.6. The van der Waals surface area contributed by atoms with Crippen LogP contribution in [0, 0.1) is 11.8 Å². The summed E-state index contributed by atoms with van der Waals surface area (Å²) in [5.41, 5.74) is 2.98. The standard InChI is InChI=1S/C26H32N4O4S/c31-16-20-19-14-29-21(7-6-18(25(29)32)17-4-2-1-3-5-17)23(19)30(15-22-27-8-13-35-22)24(20)26(33)28-9-11-34-12-10-28/h4,6-8,13,19-20,23-24,31H,1-3,5,9-12,14-16H2/t19-,20-,23+,24-/m1/s1. The number of amides is 1. The highest BCUT2D eigenvalue weighted by Gasteiger charge is 2.56. The van der Waals surface area contributed by atoms with Crippen molar-refractivity contribution in [3.05, 3.63) is 56.4 Å². The Morgan fingerprint density at radius 3 is 2.80 bits per heavy atom. The summed E-state index contributed by atoms with van der Waals surface area (Å²) >= 11 is 1.57. The Labute approximate surface area is 208 Å². The number of hydrogen-bond donors (Lipinski definition) is 1. The van der Waals surface area contributed by atoms with Crippen LogP contribution in [-0.4, -0.2) is 69.3 Å². The van der Waals surface area contributed by atoms with Gasteiger partial charge >= 0.3 is 0 Å². The number of pyridine rings is 1. The van der Waals surface area contributed by atoms with Crippen LogP contribution in [0.4, 0.5) is 0 Å². The monoisotopic (exact) mass is 496 g/mol. The molecule has 5 heterocycles. The van der Waals surface area contributed by atoms with E-state index in [0.29, 0.717) is 39.4 Å². The number of likely N-dealkylation sites (tertiary alicyclic amines) is 1. The number of aliphatic hydroxyl groups is 1. The molecule has 0 bridgehead atoms. The highest BCUT2D eigenvalue weighted by Crippen LogP contribution is 2.50. The van der Waals surface area contributed by atoms with Gasteiger partial charge in [0.1, 0.15) is 5.01 Å². The van der Waals surface area contributed by atoms with E-state index in [0.717, 1.165) is 41.1 Å². The number of thiazole rings is 1. The fraction of sp³-hybridized carbons (Fsp3) is 0.577. The van der Waals surface area contributed by atoms with Crippen molar-refractivity contribution in [2.75, 3.05) is 32.9 Å². The van der Waals surface area contributed by atoms with Crippen LogP contribution in [-0.2, 0) is 22.6 Å². The Morgan fingerprint density at radius 1 is 1.23 bits per heavy atom. The number of aromatic nitrogens is 2. The molecule has 6 rings (SSSR count). The molecule has 35 heavy (non-hydrogen) atoms. The zero-order valence-electron chi connectivity index (χ0n) is 19.8. The maximum absolute atomic E-state index is 13.8. The predicted molar refractivity (Wildman–Crippen MR) is 133 cm³/mol. The summed E-state index contributed by atoms with van der Waals surface area (Å²) in [7, 11) is 0. The molecule has 2 saturated heterocycles.